The molecule has 13 heavy (non-hydrogen) atoms. The van der Waals surface area contributed by atoms with Crippen LogP contribution in [0.4, 0.5) is 5.69 Å². The highest BCUT2D eigenvalue weighted by Gasteiger charge is 2.15. The molecule has 1 aromatic rings. The van der Waals surface area contributed by atoms with Gasteiger partial charge in [-0.05, 0) is 12.0 Å². The molecule has 5 heteroatoms. The van der Waals surface area contributed by atoms with Crippen LogP contribution in [0.5, 0.6) is 0 Å². The summed E-state index contributed by atoms with van der Waals surface area (Å²) in [7, 11) is 0. The molecular weight excluding hydrogens is 172 g/mol. The molecule has 0 unspecified atom stereocenters. The molecule has 0 saturated heterocycles. The summed E-state index contributed by atoms with van der Waals surface area (Å²) in [6.45, 7) is 1.09. The van der Waals surface area contributed by atoms with Crippen molar-refractivity contribution in [2.75, 3.05) is 6.61 Å². The van der Waals surface area contributed by atoms with E-state index in [1.54, 1.807) is 6.07 Å². The zero-order chi connectivity index (χ0) is 9.26. The fourth-order valence-electron chi connectivity index (χ4n) is 1.32. The molecule has 5 nitrogen and oxygen atoms in total. The Bertz CT molecular complexity index is 351. The van der Waals surface area contributed by atoms with Gasteiger partial charge in [-0.1, -0.05) is 0 Å². The lowest BCUT2D eigenvalue weighted by atomic mass is 10.1. The van der Waals surface area contributed by atoms with Crippen molar-refractivity contribution in [3.63, 3.8) is 0 Å². The van der Waals surface area contributed by atoms with E-state index in [1.165, 1.54) is 6.20 Å². The first-order valence-electron chi connectivity index (χ1n) is 3.97. The van der Waals surface area contributed by atoms with Crippen molar-refractivity contribution in [2.45, 2.75) is 13.0 Å². The van der Waals surface area contributed by atoms with Crippen molar-refractivity contribution >= 4 is 5.69 Å². The quantitative estimate of drug-likeness (QED) is 0.478. The van der Waals surface area contributed by atoms with Crippen LogP contribution in [0.1, 0.15) is 11.3 Å². The van der Waals surface area contributed by atoms with Crippen molar-refractivity contribution in [1.82, 2.24) is 4.98 Å². The van der Waals surface area contributed by atoms with Gasteiger partial charge in [0.15, 0.2) is 0 Å². The first kappa shape index (κ1) is 8.12. The van der Waals surface area contributed by atoms with Crippen molar-refractivity contribution in [3.8, 4) is 0 Å². The number of fused-ring (bicyclic) bond motifs is 1. The lowest BCUT2D eigenvalue weighted by molar-refractivity contribution is -0.385. The second kappa shape index (κ2) is 3.10. The summed E-state index contributed by atoms with van der Waals surface area (Å²) in [5.74, 6) is 0. The Morgan fingerprint density at radius 1 is 1.62 bits per heavy atom. The van der Waals surface area contributed by atoms with Gasteiger partial charge in [0.05, 0.1) is 23.8 Å². The largest absolute Gasteiger partial charge is 0.375 e. The molecule has 0 aliphatic carbocycles. The number of nitrogens with zero attached hydrogens (tertiary/aromatic N) is 2. The van der Waals surface area contributed by atoms with Gasteiger partial charge in [0.1, 0.15) is 6.20 Å². The van der Waals surface area contributed by atoms with E-state index in [-0.39, 0.29) is 5.69 Å². The normalized spacial score (nSPS) is 15.1. The van der Waals surface area contributed by atoms with Crippen molar-refractivity contribution in [2.24, 2.45) is 0 Å². The van der Waals surface area contributed by atoms with Gasteiger partial charge in [-0.2, -0.15) is 0 Å². The second-order valence-electron chi connectivity index (χ2n) is 2.86. The minimum atomic E-state index is -0.428. The van der Waals surface area contributed by atoms with E-state index in [2.05, 4.69) is 4.98 Å². The molecule has 0 radical (unpaired) electrons. The van der Waals surface area contributed by atoms with Crippen molar-refractivity contribution in [1.29, 1.82) is 0 Å². The summed E-state index contributed by atoms with van der Waals surface area (Å²) in [5, 5.41) is 10.4. The first-order valence-corrected chi connectivity index (χ1v) is 3.97. The number of hydrogen-bond donors (Lipinski definition) is 0. The maximum Gasteiger partial charge on any atom is 0.287 e. The predicted molar refractivity (Wildman–Crippen MR) is 44.3 cm³/mol. The van der Waals surface area contributed by atoms with Crippen LogP contribution in [-0.2, 0) is 17.8 Å². The molecule has 1 aliphatic heterocycles. The van der Waals surface area contributed by atoms with Crippen molar-refractivity contribution < 1.29 is 9.66 Å². The minimum absolute atomic E-state index is 0.0562. The molecule has 0 aromatic carbocycles. The summed E-state index contributed by atoms with van der Waals surface area (Å²) in [6.07, 6.45) is 1.98. The maximum absolute atomic E-state index is 10.4. The van der Waals surface area contributed by atoms with Crippen LogP contribution in [0, 0.1) is 10.1 Å². The topological polar surface area (TPSA) is 65.3 Å². The smallest absolute Gasteiger partial charge is 0.287 e. The Balaban J connectivity index is 2.40. The molecule has 68 valence electrons. The monoisotopic (exact) mass is 180 g/mol. The average Bonchev–Trinajstić information content (AvgIpc) is 2.17. The number of nitro groups is 1. The fourth-order valence-corrected chi connectivity index (χ4v) is 1.32. The highest BCUT2D eigenvalue weighted by atomic mass is 16.6. The zero-order valence-electron chi connectivity index (χ0n) is 6.90. The molecule has 0 fully saturated rings. The summed E-state index contributed by atoms with van der Waals surface area (Å²) in [5.41, 5.74) is 1.80. The van der Waals surface area contributed by atoms with Crippen LogP contribution in [0.25, 0.3) is 0 Å². The predicted octanol–water partition coefficient (Wildman–Crippen LogP) is 1.06. The van der Waals surface area contributed by atoms with Crippen LogP contribution < -0.4 is 0 Å². The third kappa shape index (κ3) is 1.50. The Kier molecular flexibility index (Phi) is 1.94. The minimum Gasteiger partial charge on any atom is -0.375 e. The Labute approximate surface area is 74.5 Å². The van der Waals surface area contributed by atoms with Crippen LogP contribution in [-0.4, -0.2) is 16.5 Å². The first-order chi connectivity index (χ1) is 6.27. The third-order valence-corrected chi connectivity index (χ3v) is 2.01. The lowest BCUT2D eigenvalue weighted by Gasteiger charge is -2.13. The second-order valence-corrected chi connectivity index (χ2v) is 2.86. The van der Waals surface area contributed by atoms with E-state index in [0.29, 0.717) is 19.6 Å². The molecule has 1 aliphatic rings. The van der Waals surface area contributed by atoms with Crippen LogP contribution in [0.3, 0.4) is 0 Å². The number of rotatable bonds is 1. The highest BCUT2D eigenvalue weighted by Crippen LogP contribution is 2.19. The van der Waals surface area contributed by atoms with Gasteiger partial charge < -0.3 is 4.74 Å². The SMILES string of the molecule is O=[N+]([O-])c1cnc2c(c1)CCOC2. The molecule has 0 amide bonds. The third-order valence-electron chi connectivity index (χ3n) is 2.01. The van der Waals surface area contributed by atoms with Crippen molar-refractivity contribution in [3.05, 3.63) is 33.6 Å². The fraction of sp³-hybridized carbons (Fsp3) is 0.375. The van der Waals surface area contributed by atoms with E-state index >= 15 is 0 Å². The van der Waals surface area contributed by atoms with Gasteiger partial charge in [0.25, 0.3) is 5.69 Å². The molecule has 0 saturated carbocycles. The lowest BCUT2D eigenvalue weighted by Crippen LogP contribution is -2.11. The molecular formula is C8H8N2O3. The van der Waals surface area contributed by atoms with Gasteiger partial charge in [0.2, 0.25) is 0 Å². The zero-order valence-corrected chi connectivity index (χ0v) is 6.90. The molecule has 2 heterocycles. The highest BCUT2D eigenvalue weighted by molar-refractivity contribution is 5.34. The van der Waals surface area contributed by atoms with Crippen LogP contribution in [0.15, 0.2) is 12.3 Å². The Hall–Kier alpha value is -1.49. The molecule has 0 bridgehead atoms. The number of pyridine rings is 1. The van der Waals surface area contributed by atoms with Gasteiger partial charge in [-0.25, -0.2) is 0 Å². The molecule has 1 aromatic heterocycles. The van der Waals surface area contributed by atoms with E-state index in [9.17, 15) is 10.1 Å². The van der Waals surface area contributed by atoms with E-state index in [0.717, 1.165) is 11.3 Å². The van der Waals surface area contributed by atoms with E-state index in [4.69, 9.17) is 4.74 Å². The van der Waals surface area contributed by atoms with Gasteiger partial charge in [-0.15, -0.1) is 0 Å². The van der Waals surface area contributed by atoms with Gasteiger partial charge in [0, 0.05) is 6.07 Å². The Morgan fingerprint density at radius 3 is 3.23 bits per heavy atom. The number of ether oxygens (including phenoxy) is 1. The van der Waals surface area contributed by atoms with E-state index < -0.39 is 4.92 Å². The Morgan fingerprint density at radius 2 is 2.46 bits per heavy atom. The van der Waals surface area contributed by atoms with Crippen LogP contribution >= 0.6 is 0 Å². The summed E-state index contributed by atoms with van der Waals surface area (Å²) < 4.78 is 5.16. The summed E-state index contributed by atoms with van der Waals surface area (Å²) in [6, 6.07) is 1.57. The van der Waals surface area contributed by atoms with Gasteiger partial charge >= 0.3 is 0 Å². The standard InChI is InChI=1S/C8H8N2O3/c11-10(12)7-3-6-1-2-13-5-8(6)9-4-7/h3-4H,1-2,5H2. The number of hydrogen-bond acceptors (Lipinski definition) is 4. The average molecular weight is 180 g/mol. The van der Waals surface area contributed by atoms with E-state index in [1.807, 2.05) is 0 Å². The maximum atomic E-state index is 10.4. The molecule has 2 rings (SSSR count). The molecule has 0 N–H and O–H groups in total. The summed E-state index contributed by atoms with van der Waals surface area (Å²) >= 11 is 0. The van der Waals surface area contributed by atoms with Gasteiger partial charge in [-0.3, -0.25) is 15.1 Å². The summed E-state index contributed by atoms with van der Waals surface area (Å²) in [4.78, 5) is 14.0. The van der Waals surface area contributed by atoms with Crippen LogP contribution in [0.2, 0.25) is 0 Å². The molecule has 0 spiro atoms. The molecule has 0 atom stereocenters. The number of aromatic nitrogens is 1.